The number of benzene rings is 2. The number of rotatable bonds is 5. The lowest BCUT2D eigenvalue weighted by Gasteiger charge is -2.47. The van der Waals surface area contributed by atoms with Gasteiger partial charge in [0.1, 0.15) is 5.82 Å². The van der Waals surface area contributed by atoms with Crippen LogP contribution in [0.2, 0.25) is 0 Å². The Morgan fingerprint density at radius 1 is 0.969 bits per heavy atom. The number of hydrogen-bond donors (Lipinski definition) is 1. The molecule has 0 atom stereocenters. The van der Waals surface area contributed by atoms with Crippen LogP contribution in [0.3, 0.4) is 0 Å². The molecule has 1 N–H and O–H groups in total. The highest BCUT2D eigenvalue weighted by molar-refractivity contribution is 6.07. The van der Waals surface area contributed by atoms with Gasteiger partial charge in [0.25, 0.3) is 5.91 Å². The summed E-state index contributed by atoms with van der Waals surface area (Å²) in [6.07, 6.45) is 9.55. The van der Waals surface area contributed by atoms with Crippen molar-refractivity contribution < 1.29 is 9.18 Å². The van der Waals surface area contributed by atoms with Crippen LogP contribution in [0.5, 0.6) is 0 Å². The third-order valence-electron chi connectivity index (χ3n) is 7.38. The predicted molar refractivity (Wildman–Crippen MR) is 126 cm³/mol. The molecule has 0 radical (unpaired) electrons. The van der Waals surface area contributed by atoms with E-state index in [1.165, 1.54) is 37.0 Å². The van der Waals surface area contributed by atoms with Crippen LogP contribution in [-0.4, -0.2) is 35.5 Å². The Bertz CT molecular complexity index is 975. The Morgan fingerprint density at radius 2 is 1.72 bits per heavy atom. The van der Waals surface area contributed by atoms with Crippen LogP contribution in [0.15, 0.2) is 66.4 Å². The average molecular weight is 434 g/mol. The number of likely N-dealkylation sites (tertiary alicyclic amines) is 1. The van der Waals surface area contributed by atoms with Gasteiger partial charge in [0.15, 0.2) is 0 Å². The predicted octanol–water partition coefficient (Wildman–Crippen LogP) is 5.01. The molecule has 2 heterocycles. The zero-order valence-corrected chi connectivity index (χ0v) is 18.6. The number of piperidine rings is 1. The number of amides is 1. The fourth-order valence-electron chi connectivity index (χ4n) is 5.70. The van der Waals surface area contributed by atoms with Crippen LogP contribution in [0.25, 0.3) is 0 Å². The monoisotopic (exact) mass is 433 g/mol. The third-order valence-corrected chi connectivity index (χ3v) is 7.38. The molecule has 168 valence electrons. The summed E-state index contributed by atoms with van der Waals surface area (Å²) >= 11 is 0. The molecule has 2 aromatic carbocycles. The van der Waals surface area contributed by atoms with Crippen LogP contribution in [0.4, 0.5) is 10.1 Å². The number of nitrogens with zero attached hydrogens (tertiary/aromatic N) is 2. The minimum atomic E-state index is -0.421. The maximum Gasteiger partial charge on any atom is 0.253 e. The summed E-state index contributed by atoms with van der Waals surface area (Å²) in [5.41, 5.74) is 2.58. The van der Waals surface area contributed by atoms with Gasteiger partial charge < -0.3 is 5.32 Å². The van der Waals surface area contributed by atoms with Gasteiger partial charge >= 0.3 is 0 Å². The highest BCUT2D eigenvalue weighted by atomic mass is 19.1. The van der Waals surface area contributed by atoms with E-state index in [4.69, 9.17) is 0 Å². The van der Waals surface area contributed by atoms with E-state index in [0.717, 1.165) is 51.0 Å². The molecule has 2 aromatic rings. The van der Waals surface area contributed by atoms with E-state index >= 15 is 0 Å². The Hall–Kier alpha value is -2.66. The largest absolute Gasteiger partial charge is 0.384 e. The zero-order chi connectivity index (χ0) is 22.0. The highest BCUT2D eigenvalue weighted by Gasteiger charge is 2.50. The van der Waals surface area contributed by atoms with Crippen LogP contribution in [0.1, 0.15) is 50.5 Å². The molecule has 0 aromatic heterocycles. The number of carbonyl (C=O) groups excluding carboxylic acids is 1. The summed E-state index contributed by atoms with van der Waals surface area (Å²) < 4.78 is 14.1. The molecule has 5 rings (SSSR count). The van der Waals surface area contributed by atoms with Crippen molar-refractivity contribution in [3.05, 3.63) is 77.8 Å². The van der Waals surface area contributed by atoms with Crippen molar-refractivity contribution >= 4 is 11.6 Å². The van der Waals surface area contributed by atoms with Gasteiger partial charge in [-0.2, -0.15) is 0 Å². The molecule has 0 unspecified atom stereocenters. The second-order valence-electron chi connectivity index (χ2n) is 9.48. The summed E-state index contributed by atoms with van der Waals surface area (Å²) in [5.74, 6) is -0.342. The molecule has 1 saturated carbocycles. The van der Waals surface area contributed by atoms with Crippen molar-refractivity contribution in [1.82, 2.24) is 10.2 Å². The summed E-state index contributed by atoms with van der Waals surface area (Å²) in [6, 6.07) is 17.4. The molecular formula is C27H32FN3O. The standard InChI is InChI=1S/C27H32FN3O/c28-22-10-7-13-24(18-22)31-26(32)19-25(29-23-11-5-2-6-12-23)27(31)14-16-30(17-15-27)20-21-8-3-1-4-9-21/h1,3-4,7-10,13,18-19,23,29H,2,5-6,11-12,14-17,20H2. The van der Waals surface area contributed by atoms with Gasteiger partial charge in [-0.1, -0.05) is 55.7 Å². The maximum atomic E-state index is 14.1. The molecule has 1 amide bonds. The van der Waals surface area contributed by atoms with Gasteiger partial charge in [0.05, 0.1) is 5.54 Å². The average Bonchev–Trinajstić information content (AvgIpc) is 3.07. The smallest absolute Gasteiger partial charge is 0.253 e. The molecule has 2 aliphatic heterocycles. The Balaban J connectivity index is 1.40. The van der Waals surface area contributed by atoms with Crippen molar-refractivity contribution in [3.63, 3.8) is 0 Å². The first-order valence-corrected chi connectivity index (χ1v) is 12.0. The van der Waals surface area contributed by atoms with Crippen molar-refractivity contribution in [2.45, 2.75) is 63.1 Å². The van der Waals surface area contributed by atoms with Gasteiger partial charge in [-0.3, -0.25) is 14.6 Å². The Morgan fingerprint density at radius 3 is 2.44 bits per heavy atom. The van der Waals surface area contributed by atoms with Gasteiger partial charge in [-0.05, 0) is 49.4 Å². The fourth-order valence-corrected chi connectivity index (χ4v) is 5.70. The van der Waals surface area contributed by atoms with Gasteiger partial charge in [-0.15, -0.1) is 0 Å². The maximum absolute atomic E-state index is 14.1. The van der Waals surface area contributed by atoms with Gasteiger partial charge in [0.2, 0.25) is 0 Å². The number of carbonyl (C=O) groups is 1. The minimum absolute atomic E-state index is 0.0366. The van der Waals surface area contributed by atoms with Crippen LogP contribution in [-0.2, 0) is 11.3 Å². The molecule has 3 aliphatic rings. The first-order valence-electron chi connectivity index (χ1n) is 12.0. The van der Waals surface area contributed by atoms with E-state index in [9.17, 15) is 9.18 Å². The minimum Gasteiger partial charge on any atom is -0.384 e. The Labute approximate surface area is 190 Å². The van der Waals surface area contributed by atoms with Crippen molar-refractivity contribution in [2.24, 2.45) is 0 Å². The number of halogens is 1. The van der Waals surface area contributed by atoms with Crippen LogP contribution in [0, 0.1) is 5.82 Å². The van der Waals surface area contributed by atoms with E-state index < -0.39 is 5.54 Å². The first-order chi connectivity index (χ1) is 15.6. The van der Waals surface area contributed by atoms with E-state index in [1.54, 1.807) is 12.1 Å². The van der Waals surface area contributed by atoms with Crippen molar-refractivity contribution in [2.75, 3.05) is 18.0 Å². The lowest BCUT2D eigenvalue weighted by atomic mass is 9.82. The number of hydrogen-bond acceptors (Lipinski definition) is 3. The molecular weight excluding hydrogens is 401 g/mol. The number of nitrogens with one attached hydrogen (secondary N) is 1. The topological polar surface area (TPSA) is 35.6 Å². The second-order valence-corrected chi connectivity index (χ2v) is 9.48. The molecule has 5 heteroatoms. The van der Waals surface area contributed by atoms with Crippen LogP contribution >= 0.6 is 0 Å². The molecule has 1 aliphatic carbocycles. The molecule has 1 saturated heterocycles. The lowest BCUT2D eigenvalue weighted by Crippen LogP contribution is -2.58. The second kappa shape index (κ2) is 9.07. The summed E-state index contributed by atoms with van der Waals surface area (Å²) in [7, 11) is 0. The molecule has 1 spiro atoms. The molecule has 4 nitrogen and oxygen atoms in total. The quantitative estimate of drug-likeness (QED) is 0.720. The fraction of sp³-hybridized carbons (Fsp3) is 0.444. The van der Waals surface area contributed by atoms with E-state index in [1.807, 2.05) is 17.0 Å². The van der Waals surface area contributed by atoms with Crippen molar-refractivity contribution in [3.8, 4) is 0 Å². The van der Waals surface area contributed by atoms with E-state index in [2.05, 4.69) is 34.5 Å². The van der Waals surface area contributed by atoms with Crippen molar-refractivity contribution in [1.29, 1.82) is 0 Å². The van der Waals surface area contributed by atoms with E-state index in [-0.39, 0.29) is 11.7 Å². The SMILES string of the molecule is O=C1C=C(NC2CCCCC2)C2(CCN(Cc3ccccc3)CC2)N1c1cccc(F)c1. The van der Waals surface area contributed by atoms with Gasteiger partial charge in [0, 0.05) is 43.1 Å². The Kier molecular flexibility index (Phi) is 6.01. The first kappa shape index (κ1) is 21.2. The number of anilines is 1. The third kappa shape index (κ3) is 4.18. The van der Waals surface area contributed by atoms with E-state index in [0.29, 0.717) is 11.7 Å². The normalized spacial score (nSPS) is 21.7. The summed E-state index contributed by atoms with van der Waals surface area (Å²) in [6.45, 7) is 2.72. The summed E-state index contributed by atoms with van der Waals surface area (Å²) in [4.78, 5) is 17.6. The molecule has 2 fully saturated rings. The molecule has 0 bridgehead atoms. The highest BCUT2D eigenvalue weighted by Crippen LogP contribution is 2.43. The summed E-state index contributed by atoms with van der Waals surface area (Å²) in [5, 5.41) is 3.77. The molecule has 32 heavy (non-hydrogen) atoms. The van der Waals surface area contributed by atoms with Crippen LogP contribution < -0.4 is 10.2 Å². The lowest BCUT2D eigenvalue weighted by molar-refractivity contribution is -0.114. The van der Waals surface area contributed by atoms with Gasteiger partial charge in [-0.25, -0.2) is 4.39 Å². The zero-order valence-electron chi connectivity index (χ0n) is 18.6.